The van der Waals surface area contributed by atoms with Gasteiger partial charge in [-0.05, 0) is 54.0 Å². The number of aromatic nitrogens is 4. The third-order valence-corrected chi connectivity index (χ3v) is 7.46. The molecule has 0 aliphatic heterocycles. The van der Waals surface area contributed by atoms with E-state index in [1.807, 2.05) is 36.4 Å². The lowest BCUT2D eigenvalue weighted by Crippen LogP contribution is -2.14. The molecule has 2 aromatic carbocycles. The van der Waals surface area contributed by atoms with Crippen molar-refractivity contribution in [2.75, 3.05) is 0 Å². The number of H-pyrrole nitrogens is 1. The van der Waals surface area contributed by atoms with Crippen molar-refractivity contribution in [3.8, 4) is 11.1 Å². The van der Waals surface area contributed by atoms with Crippen molar-refractivity contribution in [2.24, 2.45) is 0 Å². The molecule has 1 aliphatic rings. The van der Waals surface area contributed by atoms with Crippen LogP contribution in [0.3, 0.4) is 0 Å². The number of aromatic amines is 1. The largest absolute Gasteiger partial charge is 0.477 e. The van der Waals surface area contributed by atoms with Crippen LogP contribution in [0.4, 0.5) is 0 Å². The topological polar surface area (TPSA) is 101 Å². The molecule has 4 aromatic heterocycles. The van der Waals surface area contributed by atoms with Gasteiger partial charge in [0, 0.05) is 22.5 Å². The number of aromatic carboxylic acids is 1. The van der Waals surface area contributed by atoms with E-state index < -0.39 is 5.97 Å². The van der Waals surface area contributed by atoms with E-state index in [-0.39, 0.29) is 11.3 Å². The zero-order chi connectivity index (χ0) is 24.4. The van der Waals surface area contributed by atoms with Crippen molar-refractivity contribution in [1.82, 2.24) is 19.5 Å². The minimum absolute atomic E-state index is 0.0612. The van der Waals surface area contributed by atoms with Gasteiger partial charge in [0.15, 0.2) is 0 Å². The van der Waals surface area contributed by atoms with Gasteiger partial charge in [0.25, 0.3) is 5.56 Å². The van der Waals surface area contributed by atoms with E-state index in [0.29, 0.717) is 34.1 Å². The first-order valence-electron chi connectivity index (χ1n) is 11.5. The Labute approximate surface area is 208 Å². The molecular weight excluding hydrogens is 472 g/mol. The van der Waals surface area contributed by atoms with Crippen LogP contribution in [0.1, 0.15) is 28.2 Å². The molecule has 36 heavy (non-hydrogen) atoms. The third kappa shape index (κ3) is 3.11. The van der Waals surface area contributed by atoms with Crippen LogP contribution in [0, 0.1) is 0 Å². The first kappa shape index (κ1) is 20.8. The number of nitrogens with zero attached hydrogens (tertiary/aromatic N) is 3. The van der Waals surface area contributed by atoms with Crippen LogP contribution < -0.4 is 5.56 Å². The number of pyridine rings is 2. The highest BCUT2D eigenvalue weighted by Gasteiger charge is 2.28. The molecule has 7 rings (SSSR count). The van der Waals surface area contributed by atoms with E-state index >= 15 is 0 Å². The standard InChI is InChI=1S/C28H18N4O3S/c33-27-18(5-3-11-29-27)22-23-20(9-10-21-25(23)30-14-36-21)32(26(22)28(34)35)13-17-12-16-4-1-2-6-19(16)31-24(17)15-7-8-15/h1-7,9-12,14H,8,13H2,(H,29,33)(H,34,35). The monoisotopic (exact) mass is 490 g/mol. The summed E-state index contributed by atoms with van der Waals surface area (Å²) in [5.74, 6) is -1.10. The molecule has 1 aliphatic carbocycles. The van der Waals surface area contributed by atoms with E-state index in [0.717, 1.165) is 38.9 Å². The average Bonchev–Trinajstić information content (AvgIpc) is 3.52. The number of fused-ring (bicyclic) bond motifs is 4. The van der Waals surface area contributed by atoms with E-state index in [9.17, 15) is 14.7 Å². The molecule has 0 atom stereocenters. The molecule has 0 spiro atoms. The van der Waals surface area contributed by atoms with Crippen LogP contribution in [0.2, 0.25) is 0 Å². The van der Waals surface area contributed by atoms with E-state index in [2.05, 4.69) is 22.1 Å². The number of nitrogens with one attached hydrogen (secondary N) is 1. The Bertz CT molecular complexity index is 1960. The lowest BCUT2D eigenvalue weighted by molar-refractivity contribution is 0.0687. The van der Waals surface area contributed by atoms with Gasteiger partial charge in [-0.3, -0.25) is 4.79 Å². The summed E-state index contributed by atoms with van der Waals surface area (Å²) < 4.78 is 2.72. The summed E-state index contributed by atoms with van der Waals surface area (Å²) in [5.41, 5.74) is 7.44. The van der Waals surface area contributed by atoms with Crippen molar-refractivity contribution in [3.05, 3.63) is 99.7 Å². The average molecular weight is 491 g/mol. The molecule has 7 nitrogen and oxygen atoms in total. The zero-order valence-electron chi connectivity index (χ0n) is 18.9. The van der Waals surface area contributed by atoms with Gasteiger partial charge in [-0.25, -0.2) is 14.8 Å². The highest BCUT2D eigenvalue weighted by Crippen LogP contribution is 2.40. The Morgan fingerprint density at radius 3 is 2.81 bits per heavy atom. The second-order valence-electron chi connectivity index (χ2n) is 8.81. The predicted octanol–water partition coefficient (Wildman–Crippen LogP) is 5.69. The second kappa shape index (κ2) is 7.73. The number of carbonyl (C=O) groups is 1. The molecule has 0 saturated heterocycles. The molecule has 0 bridgehead atoms. The summed E-state index contributed by atoms with van der Waals surface area (Å²) >= 11 is 1.48. The maximum atomic E-state index is 12.9. The quantitative estimate of drug-likeness (QED) is 0.323. The van der Waals surface area contributed by atoms with Crippen LogP contribution in [0.5, 0.6) is 0 Å². The molecule has 6 aromatic rings. The summed E-state index contributed by atoms with van der Waals surface area (Å²) in [5, 5.41) is 12.1. The first-order valence-corrected chi connectivity index (χ1v) is 12.4. The number of hydrogen-bond donors (Lipinski definition) is 2. The lowest BCUT2D eigenvalue weighted by Gasteiger charge is -2.13. The number of allylic oxidation sites excluding steroid dienone is 2. The highest BCUT2D eigenvalue weighted by molar-refractivity contribution is 7.16. The number of rotatable bonds is 5. The maximum Gasteiger partial charge on any atom is 0.353 e. The predicted molar refractivity (Wildman–Crippen MR) is 142 cm³/mol. The number of para-hydroxylation sites is 1. The van der Waals surface area contributed by atoms with Gasteiger partial charge in [0.05, 0.1) is 44.6 Å². The van der Waals surface area contributed by atoms with Gasteiger partial charge in [-0.2, -0.15) is 0 Å². The van der Waals surface area contributed by atoms with Gasteiger partial charge in [0.1, 0.15) is 5.69 Å². The minimum Gasteiger partial charge on any atom is -0.477 e. The Hall–Kier alpha value is -4.56. The van der Waals surface area contributed by atoms with Gasteiger partial charge in [-0.15, -0.1) is 11.3 Å². The molecule has 0 fully saturated rings. The first-order chi connectivity index (χ1) is 17.6. The van der Waals surface area contributed by atoms with Crippen LogP contribution in [-0.2, 0) is 6.54 Å². The number of carboxylic acids is 1. The molecule has 0 unspecified atom stereocenters. The fourth-order valence-electron chi connectivity index (χ4n) is 5.01. The Kier molecular flexibility index (Phi) is 4.46. The van der Waals surface area contributed by atoms with Crippen LogP contribution in [0.25, 0.3) is 48.7 Å². The number of carboxylic acid groups (broad SMARTS) is 1. The number of thiazole rings is 1. The summed E-state index contributed by atoms with van der Waals surface area (Å²) in [7, 11) is 0. The van der Waals surface area contributed by atoms with Crippen LogP contribution in [-0.4, -0.2) is 30.6 Å². The smallest absolute Gasteiger partial charge is 0.353 e. The van der Waals surface area contributed by atoms with E-state index in [4.69, 9.17) is 4.98 Å². The minimum atomic E-state index is -1.10. The zero-order valence-corrected chi connectivity index (χ0v) is 19.7. The van der Waals surface area contributed by atoms with Gasteiger partial charge in [-0.1, -0.05) is 24.3 Å². The maximum absolute atomic E-state index is 12.9. The summed E-state index contributed by atoms with van der Waals surface area (Å²) in [6, 6.07) is 17.3. The van der Waals surface area contributed by atoms with E-state index in [1.165, 1.54) is 11.3 Å². The van der Waals surface area contributed by atoms with Crippen molar-refractivity contribution in [2.45, 2.75) is 13.0 Å². The molecular formula is C28H18N4O3S. The van der Waals surface area contributed by atoms with Gasteiger partial charge >= 0.3 is 5.97 Å². The lowest BCUT2D eigenvalue weighted by atomic mass is 10.0. The fraction of sp³-hybridized carbons (Fsp3) is 0.0714. The van der Waals surface area contributed by atoms with E-state index in [1.54, 1.807) is 28.4 Å². The van der Waals surface area contributed by atoms with Gasteiger partial charge < -0.3 is 14.7 Å². The highest BCUT2D eigenvalue weighted by atomic mass is 32.1. The van der Waals surface area contributed by atoms with Gasteiger partial charge in [0.2, 0.25) is 0 Å². The Morgan fingerprint density at radius 1 is 1.14 bits per heavy atom. The molecule has 4 heterocycles. The summed E-state index contributed by atoms with van der Waals surface area (Å²) in [6.45, 7) is 0.295. The van der Waals surface area contributed by atoms with Crippen molar-refractivity contribution in [3.63, 3.8) is 0 Å². The SMILES string of the molecule is O=C(O)c1c(-c2ccc[nH]c2=O)c2c3ncsc3ccc2n1Cc1cc2ccccc2nc1C1=CC1. The van der Waals surface area contributed by atoms with Crippen LogP contribution >= 0.6 is 11.3 Å². The van der Waals surface area contributed by atoms with Crippen molar-refractivity contribution >= 4 is 54.9 Å². The number of hydrogen-bond acceptors (Lipinski definition) is 5. The molecule has 0 amide bonds. The Balaban J connectivity index is 1.57. The van der Waals surface area contributed by atoms with Crippen molar-refractivity contribution < 1.29 is 9.90 Å². The molecule has 0 saturated carbocycles. The third-order valence-electron chi connectivity index (χ3n) is 6.66. The molecule has 8 heteroatoms. The van der Waals surface area contributed by atoms with Crippen LogP contribution in [0.15, 0.2) is 77.2 Å². The number of benzene rings is 2. The molecule has 2 N–H and O–H groups in total. The summed E-state index contributed by atoms with van der Waals surface area (Å²) in [6.07, 6.45) is 4.54. The molecule has 0 radical (unpaired) electrons. The normalized spacial score (nSPS) is 12.9. The summed E-state index contributed by atoms with van der Waals surface area (Å²) in [4.78, 5) is 37.9. The molecule has 174 valence electrons. The second-order valence-corrected chi connectivity index (χ2v) is 9.70. The fourth-order valence-corrected chi connectivity index (χ4v) is 5.69. The Morgan fingerprint density at radius 2 is 2.00 bits per heavy atom. The van der Waals surface area contributed by atoms with Crippen molar-refractivity contribution in [1.29, 1.82) is 0 Å².